The molecule has 1 saturated heterocycles. The number of nitrogens with zero attached hydrogens (tertiary/aromatic N) is 2. The number of fused-ring (bicyclic) bond motifs is 1. The van der Waals surface area contributed by atoms with Gasteiger partial charge in [0.1, 0.15) is 12.1 Å². The summed E-state index contributed by atoms with van der Waals surface area (Å²) < 4.78 is 5.54. The fourth-order valence-corrected chi connectivity index (χ4v) is 2.29. The standard InChI is InChI=1S/C13H16N4O/c1-8-11(4-5-18-8)17-13-10-6-9(14)2-3-12(10)15-7-16-13/h2-3,6-8,11H,4-5,14H2,1H3,(H,15,16,17). The van der Waals surface area contributed by atoms with Crippen LogP contribution in [0.2, 0.25) is 0 Å². The van der Waals surface area contributed by atoms with E-state index in [1.54, 1.807) is 6.33 Å². The molecule has 0 aliphatic carbocycles. The van der Waals surface area contributed by atoms with Gasteiger partial charge in [0.2, 0.25) is 0 Å². The van der Waals surface area contributed by atoms with Crippen LogP contribution in [0.25, 0.3) is 10.9 Å². The van der Waals surface area contributed by atoms with Gasteiger partial charge < -0.3 is 15.8 Å². The van der Waals surface area contributed by atoms with Crippen molar-refractivity contribution in [3.8, 4) is 0 Å². The highest BCUT2D eigenvalue weighted by Crippen LogP contribution is 2.24. The maximum absolute atomic E-state index is 5.82. The normalized spacial score (nSPS) is 23.4. The van der Waals surface area contributed by atoms with E-state index in [0.717, 1.165) is 35.4 Å². The van der Waals surface area contributed by atoms with Crippen LogP contribution in [0.1, 0.15) is 13.3 Å². The van der Waals surface area contributed by atoms with Gasteiger partial charge in [0.25, 0.3) is 0 Å². The first-order valence-electron chi connectivity index (χ1n) is 6.12. The highest BCUT2D eigenvalue weighted by Gasteiger charge is 2.24. The SMILES string of the molecule is CC1OCCC1Nc1ncnc2ccc(N)cc12. The second-order valence-electron chi connectivity index (χ2n) is 4.61. The van der Waals surface area contributed by atoms with Gasteiger partial charge in [0, 0.05) is 17.7 Å². The van der Waals surface area contributed by atoms with E-state index >= 15 is 0 Å². The molecule has 1 fully saturated rings. The lowest BCUT2D eigenvalue weighted by Crippen LogP contribution is -2.27. The molecule has 2 unspecified atom stereocenters. The molecule has 1 aliphatic rings. The molecule has 0 bridgehead atoms. The van der Waals surface area contributed by atoms with E-state index in [1.165, 1.54) is 0 Å². The lowest BCUT2D eigenvalue weighted by molar-refractivity contribution is 0.121. The first-order valence-corrected chi connectivity index (χ1v) is 6.12. The van der Waals surface area contributed by atoms with Gasteiger partial charge in [-0.1, -0.05) is 0 Å². The van der Waals surface area contributed by atoms with Crippen molar-refractivity contribution in [2.24, 2.45) is 0 Å². The molecule has 0 spiro atoms. The Kier molecular flexibility index (Phi) is 2.76. The first kappa shape index (κ1) is 11.2. The van der Waals surface area contributed by atoms with Gasteiger partial charge in [-0.15, -0.1) is 0 Å². The zero-order valence-corrected chi connectivity index (χ0v) is 10.3. The van der Waals surface area contributed by atoms with Crippen molar-refractivity contribution in [3.05, 3.63) is 24.5 Å². The van der Waals surface area contributed by atoms with E-state index in [0.29, 0.717) is 6.04 Å². The summed E-state index contributed by atoms with van der Waals surface area (Å²) in [5.41, 5.74) is 7.44. The summed E-state index contributed by atoms with van der Waals surface area (Å²) in [6.45, 7) is 2.87. The molecule has 1 aliphatic heterocycles. The molecule has 94 valence electrons. The van der Waals surface area contributed by atoms with Gasteiger partial charge in [-0.25, -0.2) is 9.97 Å². The molecule has 2 heterocycles. The third-order valence-electron chi connectivity index (χ3n) is 3.36. The molecule has 18 heavy (non-hydrogen) atoms. The van der Waals surface area contributed by atoms with Crippen LogP contribution in [0.4, 0.5) is 11.5 Å². The van der Waals surface area contributed by atoms with Crippen LogP contribution in [0.5, 0.6) is 0 Å². The van der Waals surface area contributed by atoms with E-state index < -0.39 is 0 Å². The Morgan fingerprint density at radius 2 is 2.28 bits per heavy atom. The number of nitrogens with one attached hydrogen (secondary N) is 1. The van der Waals surface area contributed by atoms with Gasteiger partial charge in [-0.2, -0.15) is 0 Å². The number of aromatic nitrogens is 2. The Morgan fingerprint density at radius 3 is 3.06 bits per heavy atom. The number of hydrogen-bond acceptors (Lipinski definition) is 5. The molecule has 3 N–H and O–H groups in total. The summed E-state index contributed by atoms with van der Waals surface area (Å²) in [6.07, 6.45) is 2.77. The second kappa shape index (κ2) is 4.42. The van der Waals surface area contributed by atoms with E-state index in [4.69, 9.17) is 10.5 Å². The summed E-state index contributed by atoms with van der Waals surface area (Å²) in [4.78, 5) is 8.55. The van der Waals surface area contributed by atoms with Crippen molar-refractivity contribution < 1.29 is 4.74 Å². The Bertz CT molecular complexity index is 572. The predicted octanol–water partition coefficient (Wildman–Crippen LogP) is 1.80. The molecular weight excluding hydrogens is 228 g/mol. The Hall–Kier alpha value is -1.88. The minimum atomic E-state index is 0.205. The lowest BCUT2D eigenvalue weighted by Gasteiger charge is -2.17. The smallest absolute Gasteiger partial charge is 0.137 e. The molecule has 1 aromatic heterocycles. The summed E-state index contributed by atoms with van der Waals surface area (Å²) in [6, 6.07) is 5.95. The minimum Gasteiger partial charge on any atom is -0.399 e. The van der Waals surface area contributed by atoms with Crippen molar-refractivity contribution in [2.45, 2.75) is 25.5 Å². The Balaban J connectivity index is 1.98. The maximum atomic E-state index is 5.82. The summed E-state index contributed by atoms with van der Waals surface area (Å²) in [5, 5.41) is 4.38. The molecule has 0 amide bonds. The van der Waals surface area contributed by atoms with E-state index in [-0.39, 0.29) is 6.10 Å². The van der Waals surface area contributed by atoms with Crippen LogP contribution in [0.3, 0.4) is 0 Å². The number of ether oxygens (including phenoxy) is 1. The second-order valence-corrected chi connectivity index (χ2v) is 4.61. The molecule has 0 radical (unpaired) electrons. The predicted molar refractivity (Wildman–Crippen MR) is 71.4 cm³/mol. The molecule has 0 saturated carbocycles. The summed E-state index contributed by atoms with van der Waals surface area (Å²) in [7, 11) is 0. The lowest BCUT2D eigenvalue weighted by atomic mass is 10.1. The minimum absolute atomic E-state index is 0.205. The zero-order chi connectivity index (χ0) is 12.5. The average Bonchev–Trinajstić information content (AvgIpc) is 2.76. The Morgan fingerprint density at radius 1 is 1.39 bits per heavy atom. The third kappa shape index (κ3) is 1.97. The van der Waals surface area contributed by atoms with Crippen LogP contribution < -0.4 is 11.1 Å². The van der Waals surface area contributed by atoms with Crippen LogP contribution in [0.15, 0.2) is 24.5 Å². The van der Waals surface area contributed by atoms with Crippen LogP contribution in [-0.2, 0) is 4.74 Å². The highest BCUT2D eigenvalue weighted by atomic mass is 16.5. The number of nitrogen functional groups attached to an aromatic ring is 1. The monoisotopic (exact) mass is 244 g/mol. The fraction of sp³-hybridized carbons (Fsp3) is 0.385. The van der Waals surface area contributed by atoms with Crippen LogP contribution in [0, 0.1) is 0 Å². The van der Waals surface area contributed by atoms with Crippen molar-refractivity contribution in [1.29, 1.82) is 0 Å². The van der Waals surface area contributed by atoms with Crippen LogP contribution in [-0.4, -0.2) is 28.7 Å². The number of nitrogens with two attached hydrogens (primary N) is 1. The highest BCUT2D eigenvalue weighted by molar-refractivity contribution is 5.91. The molecule has 5 nitrogen and oxygen atoms in total. The topological polar surface area (TPSA) is 73.1 Å². The van der Waals surface area contributed by atoms with Gasteiger partial charge in [-0.3, -0.25) is 0 Å². The molecule has 3 rings (SSSR count). The molecular formula is C13H16N4O. The largest absolute Gasteiger partial charge is 0.399 e. The van der Waals surface area contributed by atoms with Gasteiger partial charge >= 0.3 is 0 Å². The van der Waals surface area contributed by atoms with E-state index in [9.17, 15) is 0 Å². The number of benzene rings is 1. The van der Waals surface area contributed by atoms with Gasteiger partial charge in [0.15, 0.2) is 0 Å². The van der Waals surface area contributed by atoms with Crippen molar-refractivity contribution in [3.63, 3.8) is 0 Å². The van der Waals surface area contributed by atoms with E-state index in [2.05, 4.69) is 22.2 Å². The van der Waals surface area contributed by atoms with Gasteiger partial charge in [0.05, 0.1) is 17.7 Å². The number of anilines is 2. The van der Waals surface area contributed by atoms with Crippen LogP contribution >= 0.6 is 0 Å². The fourth-order valence-electron chi connectivity index (χ4n) is 2.29. The zero-order valence-electron chi connectivity index (χ0n) is 10.3. The molecule has 1 aromatic carbocycles. The Labute approximate surface area is 105 Å². The molecule has 5 heteroatoms. The number of hydrogen-bond donors (Lipinski definition) is 2. The third-order valence-corrected chi connectivity index (χ3v) is 3.36. The van der Waals surface area contributed by atoms with E-state index in [1.807, 2.05) is 18.2 Å². The molecule has 2 aromatic rings. The quantitative estimate of drug-likeness (QED) is 0.788. The van der Waals surface area contributed by atoms with Crippen molar-refractivity contribution in [2.75, 3.05) is 17.7 Å². The maximum Gasteiger partial charge on any atom is 0.137 e. The first-order chi connectivity index (χ1) is 8.74. The average molecular weight is 244 g/mol. The van der Waals surface area contributed by atoms with Crippen molar-refractivity contribution >= 4 is 22.4 Å². The molecule has 2 atom stereocenters. The van der Waals surface area contributed by atoms with Gasteiger partial charge in [-0.05, 0) is 31.5 Å². The van der Waals surface area contributed by atoms with Crippen molar-refractivity contribution in [1.82, 2.24) is 9.97 Å². The summed E-state index contributed by atoms with van der Waals surface area (Å²) in [5.74, 6) is 0.828. The number of rotatable bonds is 2. The summed E-state index contributed by atoms with van der Waals surface area (Å²) >= 11 is 0.